The maximum atomic E-state index is 12.4. The molecule has 1 rings (SSSR count). The van der Waals surface area contributed by atoms with Crippen molar-refractivity contribution in [3.63, 3.8) is 0 Å². The highest BCUT2D eigenvalue weighted by atomic mass is 19.4. The molecule has 0 atom stereocenters. The van der Waals surface area contributed by atoms with Crippen molar-refractivity contribution >= 4 is 11.6 Å². The fraction of sp³-hybridized carbons (Fsp3) is 0.222. The van der Waals surface area contributed by atoms with E-state index >= 15 is 0 Å². The van der Waals surface area contributed by atoms with Gasteiger partial charge in [0.05, 0.1) is 5.69 Å². The maximum Gasteiger partial charge on any atom is 0.491 e. The molecule has 1 aromatic carbocycles. The summed E-state index contributed by atoms with van der Waals surface area (Å²) < 4.78 is 37.1. The largest absolute Gasteiger partial charge is 0.491 e. The monoisotopic (exact) mass is 203 g/mol. The first kappa shape index (κ1) is 10.6. The number of carbonyl (C=O) groups is 1. The third-order valence-corrected chi connectivity index (χ3v) is 1.58. The molecule has 0 aliphatic heterocycles. The third kappa shape index (κ3) is 2.25. The molecular weight excluding hydrogens is 195 g/mol. The Balaban J connectivity index is 3.08. The number of alkyl halides is 3. The maximum absolute atomic E-state index is 12.4. The second-order valence-electron chi connectivity index (χ2n) is 2.66. The van der Waals surface area contributed by atoms with Crippen LogP contribution in [0.4, 0.5) is 18.9 Å². The van der Waals surface area contributed by atoms with Crippen LogP contribution in [0, 0.1) is 0 Å². The van der Waals surface area contributed by atoms with Crippen LogP contribution in [0.2, 0.25) is 0 Å². The van der Waals surface area contributed by atoms with Crippen molar-refractivity contribution in [3.8, 4) is 0 Å². The zero-order valence-electron chi connectivity index (χ0n) is 7.38. The number of hydrogen-bond acceptors (Lipinski definition) is 1. The molecule has 0 bridgehead atoms. The molecule has 0 unspecified atom stereocenters. The fourth-order valence-corrected chi connectivity index (χ4v) is 1.08. The van der Waals surface area contributed by atoms with Crippen LogP contribution in [0.15, 0.2) is 30.3 Å². The highest BCUT2D eigenvalue weighted by Crippen LogP contribution is 2.27. The van der Waals surface area contributed by atoms with E-state index in [4.69, 9.17) is 0 Å². The molecule has 0 saturated carbocycles. The summed E-state index contributed by atoms with van der Waals surface area (Å²) in [5, 5.41) is 0. The van der Waals surface area contributed by atoms with E-state index in [0.29, 0.717) is 0 Å². The van der Waals surface area contributed by atoms with E-state index in [9.17, 15) is 18.0 Å². The molecule has 0 fully saturated rings. The van der Waals surface area contributed by atoms with E-state index in [1.807, 2.05) is 0 Å². The molecule has 1 amide bonds. The Morgan fingerprint density at radius 1 is 1.21 bits per heavy atom. The molecule has 1 aromatic rings. The van der Waals surface area contributed by atoms with Gasteiger partial charge in [-0.1, -0.05) is 18.2 Å². The zero-order chi connectivity index (χ0) is 10.8. The molecule has 0 aromatic heterocycles. The number of carbonyl (C=O) groups excluding carboxylic acids is 1. The second-order valence-corrected chi connectivity index (χ2v) is 2.66. The van der Waals surface area contributed by atoms with E-state index in [2.05, 4.69) is 0 Å². The molecular formula is C9H8F3NO. The number of anilines is 1. The van der Waals surface area contributed by atoms with Gasteiger partial charge >= 0.3 is 6.30 Å². The van der Waals surface area contributed by atoms with Gasteiger partial charge < -0.3 is 0 Å². The number of amides is 1. The predicted octanol–water partition coefficient (Wildman–Crippen LogP) is 2.56. The van der Waals surface area contributed by atoms with Gasteiger partial charge in [0.15, 0.2) is 0 Å². The number of rotatable bonds is 1. The van der Waals surface area contributed by atoms with Crippen LogP contribution in [0.25, 0.3) is 0 Å². The summed E-state index contributed by atoms with van der Waals surface area (Å²) in [6, 6.07) is 6.93. The Bertz CT molecular complexity index is 321. The van der Waals surface area contributed by atoms with Gasteiger partial charge in [-0.25, -0.2) is 4.90 Å². The Hall–Kier alpha value is -1.52. The average molecular weight is 203 g/mol. The average Bonchev–Trinajstić information content (AvgIpc) is 2.02. The predicted molar refractivity (Wildman–Crippen MR) is 45.7 cm³/mol. The molecule has 5 heteroatoms. The smallest absolute Gasteiger partial charge is 0.275 e. The van der Waals surface area contributed by atoms with E-state index in [-0.39, 0.29) is 10.6 Å². The Kier molecular flexibility index (Phi) is 2.78. The number of nitrogens with zero attached hydrogens (tertiary/aromatic N) is 1. The van der Waals surface area contributed by atoms with Crippen molar-refractivity contribution in [2.45, 2.75) is 13.2 Å². The molecule has 0 radical (unpaired) electrons. The van der Waals surface area contributed by atoms with Crippen LogP contribution >= 0.6 is 0 Å². The van der Waals surface area contributed by atoms with Crippen LogP contribution in [0.5, 0.6) is 0 Å². The quantitative estimate of drug-likeness (QED) is 0.642. The van der Waals surface area contributed by atoms with Gasteiger partial charge in [-0.3, -0.25) is 4.79 Å². The normalized spacial score (nSPS) is 11.1. The van der Waals surface area contributed by atoms with Crippen molar-refractivity contribution in [1.82, 2.24) is 0 Å². The number of halogens is 3. The minimum Gasteiger partial charge on any atom is -0.275 e. The summed E-state index contributed by atoms with van der Waals surface area (Å²) in [6.45, 7) is 0.875. The van der Waals surface area contributed by atoms with E-state index in [0.717, 1.165) is 6.92 Å². The zero-order valence-corrected chi connectivity index (χ0v) is 7.38. The van der Waals surface area contributed by atoms with Gasteiger partial charge in [-0.15, -0.1) is 13.2 Å². The summed E-state index contributed by atoms with van der Waals surface area (Å²) in [5.74, 6) is -1.05. The fourth-order valence-electron chi connectivity index (χ4n) is 1.08. The van der Waals surface area contributed by atoms with Gasteiger partial charge in [0.25, 0.3) is 0 Å². The van der Waals surface area contributed by atoms with Crippen molar-refractivity contribution in [3.05, 3.63) is 30.3 Å². The molecule has 0 saturated heterocycles. The van der Waals surface area contributed by atoms with Crippen molar-refractivity contribution in [2.24, 2.45) is 0 Å². The first-order valence-electron chi connectivity index (χ1n) is 3.85. The molecule has 0 heterocycles. The van der Waals surface area contributed by atoms with Gasteiger partial charge in [0.2, 0.25) is 5.91 Å². The topological polar surface area (TPSA) is 20.3 Å². The summed E-state index contributed by atoms with van der Waals surface area (Å²) in [5.41, 5.74) is -0.174. The molecule has 0 aliphatic rings. The first-order chi connectivity index (χ1) is 6.43. The van der Waals surface area contributed by atoms with E-state index in [1.165, 1.54) is 24.3 Å². The molecule has 2 nitrogen and oxygen atoms in total. The summed E-state index contributed by atoms with van der Waals surface area (Å²) >= 11 is 0. The van der Waals surface area contributed by atoms with Gasteiger partial charge in [0, 0.05) is 6.92 Å². The first-order valence-corrected chi connectivity index (χ1v) is 3.85. The molecule has 0 N–H and O–H groups in total. The standard InChI is InChI=1S/C9H8F3NO/c1-7(14)13(9(10,11)12)8-5-3-2-4-6-8/h2-6H,1H3. The number of para-hydroxylation sites is 1. The lowest BCUT2D eigenvalue weighted by Gasteiger charge is -2.23. The Morgan fingerprint density at radius 3 is 2.07 bits per heavy atom. The molecule has 14 heavy (non-hydrogen) atoms. The molecule has 0 spiro atoms. The van der Waals surface area contributed by atoms with Crippen molar-refractivity contribution in [2.75, 3.05) is 4.90 Å². The van der Waals surface area contributed by atoms with Gasteiger partial charge in [0.1, 0.15) is 0 Å². The lowest BCUT2D eigenvalue weighted by Crippen LogP contribution is -2.41. The Labute approximate surface area is 78.9 Å². The summed E-state index contributed by atoms with van der Waals surface area (Å²) in [7, 11) is 0. The SMILES string of the molecule is CC(=O)N(c1ccccc1)C(F)(F)F. The molecule has 0 aliphatic carbocycles. The van der Waals surface area contributed by atoms with Crippen LogP contribution in [-0.2, 0) is 4.79 Å². The van der Waals surface area contributed by atoms with Crippen LogP contribution in [-0.4, -0.2) is 12.2 Å². The molecule has 76 valence electrons. The van der Waals surface area contributed by atoms with Crippen molar-refractivity contribution in [1.29, 1.82) is 0 Å². The highest BCUT2D eigenvalue weighted by Gasteiger charge is 2.40. The summed E-state index contributed by atoms with van der Waals surface area (Å²) in [6.07, 6.45) is -4.67. The number of hydrogen-bond donors (Lipinski definition) is 0. The number of benzene rings is 1. The van der Waals surface area contributed by atoms with E-state index in [1.54, 1.807) is 6.07 Å². The van der Waals surface area contributed by atoms with Crippen LogP contribution in [0.1, 0.15) is 6.92 Å². The minimum atomic E-state index is -4.67. The lowest BCUT2D eigenvalue weighted by atomic mass is 10.3. The van der Waals surface area contributed by atoms with Crippen molar-refractivity contribution < 1.29 is 18.0 Å². The van der Waals surface area contributed by atoms with Gasteiger partial charge in [-0.2, -0.15) is 0 Å². The van der Waals surface area contributed by atoms with Crippen LogP contribution in [0.3, 0.4) is 0 Å². The lowest BCUT2D eigenvalue weighted by molar-refractivity contribution is -0.148. The van der Waals surface area contributed by atoms with Gasteiger partial charge in [-0.05, 0) is 12.1 Å². The Morgan fingerprint density at radius 2 is 1.71 bits per heavy atom. The summed E-state index contributed by atoms with van der Waals surface area (Å²) in [4.78, 5) is 10.6. The highest BCUT2D eigenvalue weighted by molar-refractivity contribution is 5.91. The van der Waals surface area contributed by atoms with E-state index < -0.39 is 12.2 Å². The second kappa shape index (κ2) is 3.69. The van der Waals surface area contributed by atoms with Crippen LogP contribution < -0.4 is 4.90 Å². The minimum absolute atomic E-state index is 0.174. The third-order valence-electron chi connectivity index (χ3n) is 1.58.